The highest BCUT2D eigenvalue weighted by Gasteiger charge is 2.38. The summed E-state index contributed by atoms with van der Waals surface area (Å²) < 4.78 is 36.9. The molecule has 0 unspecified atom stereocenters. The zero-order valence-corrected chi connectivity index (χ0v) is 12.9. The molecule has 0 aliphatic rings. The molecule has 0 atom stereocenters. The normalized spacial score (nSPS) is 11.0. The van der Waals surface area contributed by atoms with Crippen LogP contribution in [0.3, 0.4) is 0 Å². The fraction of sp³-hybridized carbons (Fsp3) is 0.125. The first-order valence-electron chi connectivity index (χ1n) is 7.05. The molecule has 0 fully saturated rings. The molecule has 7 nitrogen and oxygen atoms in total. The molecule has 1 amide bonds. The smallest absolute Gasteiger partial charge is 0.471 e. The molecule has 2 rings (SSSR count). The molecule has 2 aromatic carbocycles. The summed E-state index contributed by atoms with van der Waals surface area (Å²) in [6.45, 7) is 0. The number of nitro benzene ring substituents is 1. The average Bonchev–Trinajstić information content (AvgIpc) is 2.53. The average molecular weight is 368 g/mol. The van der Waals surface area contributed by atoms with E-state index in [-0.39, 0.29) is 16.8 Å². The van der Waals surface area contributed by atoms with Gasteiger partial charge in [-0.2, -0.15) is 13.2 Å². The van der Waals surface area contributed by atoms with E-state index in [0.29, 0.717) is 5.56 Å². The summed E-state index contributed by atoms with van der Waals surface area (Å²) in [6.07, 6.45) is -5.59. The summed E-state index contributed by atoms with van der Waals surface area (Å²) in [5, 5.41) is 21.6. The Morgan fingerprint density at radius 1 is 1.12 bits per heavy atom. The molecule has 2 aromatic rings. The molecule has 0 bridgehead atoms. The van der Waals surface area contributed by atoms with Crippen molar-refractivity contribution < 1.29 is 32.8 Å². The van der Waals surface area contributed by atoms with Gasteiger partial charge in [0.15, 0.2) is 0 Å². The third-order valence-electron chi connectivity index (χ3n) is 3.33. The van der Waals surface area contributed by atoms with E-state index in [4.69, 9.17) is 5.11 Å². The topological polar surface area (TPSA) is 110 Å². The molecule has 0 saturated heterocycles. The van der Waals surface area contributed by atoms with E-state index in [2.05, 4.69) is 0 Å². The summed E-state index contributed by atoms with van der Waals surface area (Å²) in [5.74, 6) is -3.38. The lowest BCUT2D eigenvalue weighted by Gasteiger charge is -2.10. The lowest BCUT2D eigenvalue weighted by atomic mass is 10.0. The van der Waals surface area contributed by atoms with Crippen molar-refractivity contribution in [2.45, 2.75) is 12.6 Å². The van der Waals surface area contributed by atoms with Crippen molar-refractivity contribution in [3.63, 3.8) is 0 Å². The lowest BCUT2D eigenvalue weighted by Crippen LogP contribution is -2.29. The van der Waals surface area contributed by atoms with E-state index in [9.17, 15) is 32.9 Å². The Morgan fingerprint density at radius 3 is 2.35 bits per heavy atom. The van der Waals surface area contributed by atoms with Crippen LogP contribution in [0, 0.1) is 10.1 Å². The maximum Gasteiger partial charge on any atom is 0.471 e. The van der Waals surface area contributed by atoms with Gasteiger partial charge in [0.25, 0.3) is 5.69 Å². The van der Waals surface area contributed by atoms with Gasteiger partial charge in [0, 0.05) is 17.3 Å². The van der Waals surface area contributed by atoms with Crippen LogP contribution in [0.15, 0.2) is 42.5 Å². The third kappa shape index (κ3) is 4.56. The van der Waals surface area contributed by atoms with Gasteiger partial charge in [0.05, 0.1) is 11.3 Å². The van der Waals surface area contributed by atoms with Crippen LogP contribution in [0.4, 0.5) is 24.5 Å². The molecule has 136 valence electrons. The van der Waals surface area contributed by atoms with Gasteiger partial charge < -0.3 is 10.4 Å². The van der Waals surface area contributed by atoms with Crippen molar-refractivity contribution in [2.24, 2.45) is 0 Å². The molecule has 26 heavy (non-hydrogen) atoms. The highest BCUT2D eigenvalue weighted by Crippen LogP contribution is 2.29. The molecule has 2 N–H and O–H groups in total. The number of carboxylic acid groups (broad SMARTS) is 1. The van der Waals surface area contributed by atoms with Gasteiger partial charge in [0.1, 0.15) is 0 Å². The summed E-state index contributed by atoms with van der Waals surface area (Å²) in [5.41, 5.74) is 0.0356. The maximum absolute atomic E-state index is 12.3. The van der Waals surface area contributed by atoms with Gasteiger partial charge >= 0.3 is 18.1 Å². The number of nitro groups is 1. The fourth-order valence-corrected chi connectivity index (χ4v) is 2.20. The standard InChI is InChI=1S/C16H11F3N2O5/c17-16(18,19)15(24)20-12-3-1-2-9(6-12)10-4-5-11(8-14(22)23)13(7-10)21(25)26/h1-7H,8H2,(H,20,24)(H,22,23). The zero-order valence-electron chi connectivity index (χ0n) is 12.9. The molecule has 0 heterocycles. The second-order valence-electron chi connectivity index (χ2n) is 5.20. The molecule has 0 saturated carbocycles. The second kappa shape index (κ2) is 7.21. The Kier molecular flexibility index (Phi) is 5.24. The lowest BCUT2D eigenvalue weighted by molar-refractivity contribution is -0.385. The predicted molar refractivity (Wildman–Crippen MR) is 84.6 cm³/mol. The number of nitrogens with one attached hydrogen (secondary N) is 1. The summed E-state index contributed by atoms with van der Waals surface area (Å²) in [4.78, 5) is 32.2. The van der Waals surface area contributed by atoms with E-state index in [1.165, 1.54) is 36.4 Å². The number of rotatable bonds is 5. The minimum Gasteiger partial charge on any atom is -0.481 e. The molecular weight excluding hydrogens is 357 g/mol. The Labute approximate surface area is 144 Å². The molecule has 0 aromatic heterocycles. The van der Waals surface area contributed by atoms with Crippen molar-refractivity contribution in [1.29, 1.82) is 0 Å². The van der Waals surface area contributed by atoms with E-state index in [1.807, 2.05) is 0 Å². The number of nitrogens with zero attached hydrogens (tertiary/aromatic N) is 1. The minimum atomic E-state index is -5.05. The number of anilines is 1. The second-order valence-corrected chi connectivity index (χ2v) is 5.20. The highest BCUT2D eigenvalue weighted by molar-refractivity contribution is 5.95. The molecule has 0 radical (unpaired) electrons. The molecule has 0 aliphatic heterocycles. The van der Waals surface area contributed by atoms with Crippen LogP contribution in [0.1, 0.15) is 5.56 Å². The predicted octanol–water partition coefficient (Wildman–Crippen LogP) is 3.39. The Morgan fingerprint density at radius 2 is 1.77 bits per heavy atom. The minimum absolute atomic E-state index is 0.00669. The number of alkyl halides is 3. The first-order chi connectivity index (χ1) is 12.1. The van der Waals surface area contributed by atoms with Crippen molar-refractivity contribution in [2.75, 3.05) is 5.32 Å². The fourth-order valence-electron chi connectivity index (χ4n) is 2.20. The monoisotopic (exact) mass is 368 g/mol. The van der Waals surface area contributed by atoms with Crippen LogP contribution in [-0.2, 0) is 16.0 Å². The number of benzene rings is 2. The third-order valence-corrected chi connectivity index (χ3v) is 3.33. The number of hydrogen-bond donors (Lipinski definition) is 2. The number of halogens is 3. The SMILES string of the molecule is O=C(O)Cc1ccc(-c2cccc(NC(=O)C(F)(F)F)c2)cc1[N+](=O)[O-]. The van der Waals surface area contributed by atoms with E-state index >= 15 is 0 Å². The van der Waals surface area contributed by atoms with Crippen molar-refractivity contribution in [1.82, 2.24) is 0 Å². The number of hydrogen-bond acceptors (Lipinski definition) is 4. The summed E-state index contributed by atoms with van der Waals surface area (Å²) in [6, 6.07) is 9.12. The first kappa shape index (κ1) is 18.9. The first-order valence-corrected chi connectivity index (χ1v) is 7.05. The van der Waals surface area contributed by atoms with E-state index in [0.717, 1.165) is 6.07 Å². The van der Waals surface area contributed by atoms with Gasteiger partial charge in [-0.05, 0) is 23.3 Å². The number of carbonyl (C=O) groups excluding carboxylic acids is 1. The van der Waals surface area contributed by atoms with Crippen LogP contribution < -0.4 is 5.32 Å². The molecular formula is C16H11F3N2O5. The van der Waals surface area contributed by atoms with Crippen molar-refractivity contribution >= 4 is 23.3 Å². The number of carboxylic acids is 1. The Hall–Kier alpha value is -3.43. The van der Waals surface area contributed by atoms with Crippen LogP contribution >= 0.6 is 0 Å². The largest absolute Gasteiger partial charge is 0.481 e. The van der Waals surface area contributed by atoms with Crippen LogP contribution in [-0.4, -0.2) is 28.1 Å². The Bertz CT molecular complexity index is 880. The molecule has 10 heteroatoms. The van der Waals surface area contributed by atoms with Gasteiger partial charge in [-0.3, -0.25) is 19.7 Å². The Balaban J connectivity index is 2.38. The summed E-state index contributed by atoms with van der Waals surface area (Å²) >= 11 is 0. The number of carbonyl (C=O) groups is 2. The van der Waals surface area contributed by atoms with Crippen molar-refractivity contribution in [3.8, 4) is 11.1 Å². The van der Waals surface area contributed by atoms with Crippen LogP contribution in [0.2, 0.25) is 0 Å². The van der Waals surface area contributed by atoms with Gasteiger partial charge in [0.2, 0.25) is 0 Å². The van der Waals surface area contributed by atoms with Crippen LogP contribution in [0.25, 0.3) is 11.1 Å². The van der Waals surface area contributed by atoms with E-state index < -0.39 is 35.1 Å². The van der Waals surface area contributed by atoms with Gasteiger partial charge in [-0.25, -0.2) is 0 Å². The number of amides is 1. The highest BCUT2D eigenvalue weighted by atomic mass is 19.4. The molecule has 0 spiro atoms. The summed E-state index contributed by atoms with van der Waals surface area (Å²) in [7, 11) is 0. The van der Waals surface area contributed by atoms with Gasteiger partial charge in [-0.1, -0.05) is 24.3 Å². The quantitative estimate of drug-likeness (QED) is 0.621. The van der Waals surface area contributed by atoms with E-state index in [1.54, 1.807) is 5.32 Å². The zero-order chi connectivity index (χ0) is 19.5. The number of aliphatic carboxylic acids is 1. The van der Waals surface area contributed by atoms with Gasteiger partial charge in [-0.15, -0.1) is 0 Å². The van der Waals surface area contributed by atoms with Crippen LogP contribution in [0.5, 0.6) is 0 Å². The maximum atomic E-state index is 12.3. The molecule has 0 aliphatic carbocycles. The van der Waals surface area contributed by atoms with Crippen molar-refractivity contribution in [3.05, 3.63) is 58.1 Å².